The third-order valence-corrected chi connectivity index (χ3v) is 7.18. The zero-order valence-electron chi connectivity index (χ0n) is 19.4. The van der Waals surface area contributed by atoms with Crippen molar-refractivity contribution in [3.05, 3.63) is 131 Å². The van der Waals surface area contributed by atoms with E-state index < -0.39 is 23.5 Å². The molecule has 2 heterocycles. The van der Waals surface area contributed by atoms with Crippen molar-refractivity contribution in [2.75, 3.05) is 0 Å². The molecule has 1 fully saturated rings. The number of benzene rings is 3. The fourth-order valence-corrected chi connectivity index (χ4v) is 5.43. The highest BCUT2D eigenvalue weighted by molar-refractivity contribution is 8.04. The molecule has 180 valence electrons. The van der Waals surface area contributed by atoms with Gasteiger partial charge in [0, 0.05) is 4.91 Å². The number of esters is 1. The number of allylic oxidation sites excluding steroid dienone is 1. The first-order valence-electron chi connectivity index (χ1n) is 11.6. The van der Waals surface area contributed by atoms with Gasteiger partial charge in [0.15, 0.2) is 6.10 Å². The second kappa shape index (κ2) is 10.3. The Morgan fingerprint density at radius 2 is 1.47 bits per heavy atom. The molecule has 0 aromatic heterocycles. The Hall–Kier alpha value is -4.10. The molecule has 1 N–H and O–H groups in total. The minimum absolute atomic E-state index is 0.124. The largest absolute Gasteiger partial charge is 0.448 e. The van der Waals surface area contributed by atoms with Gasteiger partial charge in [-0.2, -0.15) is 0 Å². The number of nitrogens with zero attached hydrogens (tertiary/aromatic N) is 1. The molecule has 36 heavy (non-hydrogen) atoms. The van der Waals surface area contributed by atoms with Crippen LogP contribution < -0.4 is 5.32 Å². The predicted molar refractivity (Wildman–Crippen MR) is 138 cm³/mol. The molecular weight excluding hydrogens is 472 g/mol. The number of amides is 2. The number of nitrogens with one attached hydrogen (secondary N) is 1. The fraction of sp³-hybridized carbons (Fsp3) is 0.138. The first kappa shape index (κ1) is 23.6. The van der Waals surface area contributed by atoms with Gasteiger partial charge in [-0.25, -0.2) is 4.79 Å². The van der Waals surface area contributed by atoms with Crippen molar-refractivity contribution in [3.8, 4) is 0 Å². The average Bonchev–Trinajstić information content (AvgIpc) is 2.91. The molecule has 7 heteroatoms. The summed E-state index contributed by atoms with van der Waals surface area (Å²) in [6.07, 6.45) is 1.10. The van der Waals surface area contributed by atoms with E-state index in [0.29, 0.717) is 4.91 Å². The van der Waals surface area contributed by atoms with Gasteiger partial charge in [-0.1, -0.05) is 109 Å². The summed E-state index contributed by atoms with van der Waals surface area (Å²) in [4.78, 5) is 41.0. The van der Waals surface area contributed by atoms with Gasteiger partial charge in [-0.15, -0.1) is 0 Å². The Morgan fingerprint density at radius 3 is 2.06 bits per heavy atom. The van der Waals surface area contributed by atoms with Crippen molar-refractivity contribution < 1.29 is 19.1 Å². The molecule has 0 radical (unpaired) electrons. The van der Waals surface area contributed by atoms with E-state index in [2.05, 4.69) is 11.9 Å². The summed E-state index contributed by atoms with van der Waals surface area (Å²) in [6, 6.07) is 27.5. The smallest absolute Gasteiger partial charge is 0.356 e. The highest BCUT2D eigenvalue weighted by Gasteiger charge is 2.53. The monoisotopic (exact) mass is 496 g/mol. The van der Waals surface area contributed by atoms with Gasteiger partial charge in [0.1, 0.15) is 17.1 Å². The van der Waals surface area contributed by atoms with E-state index in [1.165, 1.54) is 16.7 Å². The highest BCUT2D eigenvalue weighted by atomic mass is 32.2. The van der Waals surface area contributed by atoms with Crippen molar-refractivity contribution in [3.63, 3.8) is 0 Å². The molecule has 0 saturated carbocycles. The number of β-lactam (4-membered cyclic amide) rings is 1. The molecule has 2 atom stereocenters. The number of carbonyl (C=O) groups excluding carboxylic acids is 3. The number of hydrogen-bond donors (Lipinski definition) is 1. The lowest BCUT2D eigenvalue weighted by Crippen LogP contribution is -2.70. The molecule has 2 aliphatic rings. The zero-order valence-corrected chi connectivity index (χ0v) is 20.2. The minimum Gasteiger partial charge on any atom is -0.448 e. The first-order chi connectivity index (χ1) is 17.5. The highest BCUT2D eigenvalue weighted by Crippen LogP contribution is 2.43. The molecule has 0 bridgehead atoms. The van der Waals surface area contributed by atoms with E-state index in [-0.39, 0.29) is 23.9 Å². The van der Waals surface area contributed by atoms with Gasteiger partial charge in [-0.05, 0) is 22.8 Å². The predicted octanol–water partition coefficient (Wildman–Crippen LogP) is 4.36. The molecule has 0 aliphatic carbocycles. The Labute approximate surface area is 213 Å². The Kier molecular flexibility index (Phi) is 6.73. The van der Waals surface area contributed by atoms with E-state index in [1.54, 1.807) is 6.08 Å². The molecule has 1 unspecified atom stereocenters. The van der Waals surface area contributed by atoms with Crippen LogP contribution in [0.15, 0.2) is 114 Å². The van der Waals surface area contributed by atoms with Crippen LogP contribution in [0.2, 0.25) is 0 Å². The number of thioether (sulfide) groups is 1. The van der Waals surface area contributed by atoms with Crippen LogP contribution in [0.25, 0.3) is 0 Å². The molecule has 5 rings (SSSR count). The van der Waals surface area contributed by atoms with Crippen molar-refractivity contribution in [2.45, 2.75) is 23.9 Å². The Bertz CT molecular complexity index is 1290. The van der Waals surface area contributed by atoms with Crippen molar-refractivity contribution in [2.24, 2.45) is 0 Å². The third-order valence-electron chi connectivity index (χ3n) is 6.04. The molecule has 2 amide bonds. The fourth-order valence-electron chi connectivity index (χ4n) is 4.30. The quantitative estimate of drug-likeness (QED) is 0.389. The summed E-state index contributed by atoms with van der Waals surface area (Å²) >= 11 is 1.34. The molecular formula is C29H24N2O4S. The van der Waals surface area contributed by atoms with Gasteiger partial charge in [0.25, 0.3) is 5.91 Å². The number of hydrogen-bond acceptors (Lipinski definition) is 5. The number of carbonyl (C=O) groups is 3. The molecule has 3 aromatic rings. The maximum absolute atomic E-state index is 13.4. The average molecular weight is 497 g/mol. The number of fused-ring (bicyclic) bond motifs is 1. The van der Waals surface area contributed by atoms with Crippen LogP contribution in [-0.4, -0.2) is 34.1 Å². The van der Waals surface area contributed by atoms with Crippen LogP contribution in [0.4, 0.5) is 0 Å². The molecule has 1 saturated heterocycles. The van der Waals surface area contributed by atoms with Gasteiger partial charge in [-0.3, -0.25) is 14.5 Å². The van der Waals surface area contributed by atoms with Gasteiger partial charge in [0.05, 0.1) is 6.42 Å². The maximum atomic E-state index is 13.4. The van der Waals surface area contributed by atoms with Crippen molar-refractivity contribution >= 4 is 29.5 Å². The third kappa shape index (κ3) is 4.83. The van der Waals surface area contributed by atoms with Crippen molar-refractivity contribution in [1.82, 2.24) is 10.2 Å². The van der Waals surface area contributed by atoms with Gasteiger partial charge < -0.3 is 10.1 Å². The molecule has 0 spiro atoms. The molecule has 3 aromatic carbocycles. The lowest BCUT2D eigenvalue weighted by molar-refractivity contribution is -0.154. The summed E-state index contributed by atoms with van der Waals surface area (Å²) in [5.41, 5.74) is 2.62. The number of ether oxygens (including phenoxy) is 1. The van der Waals surface area contributed by atoms with Crippen LogP contribution in [0.5, 0.6) is 0 Å². The Balaban J connectivity index is 1.32. The van der Waals surface area contributed by atoms with Gasteiger partial charge >= 0.3 is 5.97 Å². The summed E-state index contributed by atoms with van der Waals surface area (Å²) in [5.74, 6) is -1.22. The minimum atomic E-state index is -0.737. The second-order valence-electron chi connectivity index (χ2n) is 8.53. The maximum Gasteiger partial charge on any atom is 0.356 e. The second-order valence-corrected chi connectivity index (χ2v) is 9.77. The summed E-state index contributed by atoms with van der Waals surface area (Å²) in [6.45, 7) is 4.00. The van der Waals surface area contributed by atoms with Crippen molar-refractivity contribution in [1.29, 1.82) is 0 Å². The van der Waals surface area contributed by atoms with Crippen LogP contribution >= 0.6 is 11.8 Å². The van der Waals surface area contributed by atoms with Crippen LogP contribution in [0, 0.1) is 0 Å². The Morgan fingerprint density at radius 1 is 0.917 bits per heavy atom. The summed E-state index contributed by atoms with van der Waals surface area (Å²) in [5, 5.41) is 2.36. The standard InChI is InChI=1S/C29H24N2O4S/c1-19-17-23(29(34)35-26(21-13-7-3-8-14-21)22-15-9-4-10-16-22)31-27(33)25(28(31)36-19)30-24(32)18-20-11-5-2-6-12-20/h2-17,25-26,28H,1,18H2,(H,30,32)/t25?,28-/m0/s1. The topological polar surface area (TPSA) is 75.7 Å². The SMILES string of the molecule is C=C1C=C(C(=O)OC(c2ccccc2)c2ccccc2)N2C(=O)C(NC(=O)Cc3ccccc3)[C@@H]2S1. The van der Waals surface area contributed by atoms with E-state index in [4.69, 9.17) is 4.74 Å². The van der Waals surface area contributed by atoms with Crippen LogP contribution in [0.1, 0.15) is 22.8 Å². The summed E-state index contributed by atoms with van der Waals surface area (Å²) < 4.78 is 5.97. The molecule has 6 nitrogen and oxygen atoms in total. The van der Waals surface area contributed by atoms with Crippen LogP contribution in [0.3, 0.4) is 0 Å². The van der Waals surface area contributed by atoms with E-state index in [1.807, 2.05) is 91.0 Å². The lowest BCUT2D eigenvalue weighted by atomic mass is 10.0. The summed E-state index contributed by atoms with van der Waals surface area (Å²) in [7, 11) is 0. The number of rotatable bonds is 7. The lowest BCUT2D eigenvalue weighted by Gasteiger charge is -2.48. The van der Waals surface area contributed by atoms with E-state index in [9.17, 15) is 14.4 Å². The normalized spacial score (nSPS) is 18.7. The van der Waals surface area contributed by atoms with Crippen LogP contribution in [-0.2, 0) is 25.5 Å². The molecule has 2 aliphatic heterocycles. The van der Waals surface area contributed by atoms with E-state index in [0.717, 1.165) is 16.7 Å². The van der Waals surface area contributed by atoms with Gasteiger partial charge in [0.2, 0.25) is 5.91 Å². The zero-order chi connectivity index (χ0) is 25.1. The first-order valence-corrected chi connectivity index (χ1v) is 12.4. The van der Waals surface area contributed by atoms with E-state index >= 15 is 0 Å².